The number of hydrogen-bond donors (Lipinski definition) is 1. The molecule has 2 aromatic heterocycles. The highest BCUT2D eigenvalue weighted by molar-refractivity contribution is 9.10. The summed E-state index contributed by atoms with van der Waals surface area (Å²) in [7, 11) is 0. The maximum absolute atomic E-state index is 4.34. The van der Waals surface area contributed by atoms with Crippen LogP contribution in [0.5, 0.6) is 0 Å². The predicted molar refractivity (Wildman–Crippen MR) is 58.2 cm³/mol. The Morgan fingerprint density at radius 1 is 1.54 bits per heavy atom. The zero-order chi connectivity index (χ0) is 9.26. The van der Waals surface area contributed by atoms with Crippen molar-refractivity contribution in [3.8, 4) is 0 Å². The van der Waals surface area contributed by atoms with Gasteiger partial charge < -0.3 is 0 Å². The smallest absolute Gasteiger partial charge is 0.156 e. The van der Waals surface area contributed by atoms with E-state index in [1.807, 2.05) is 18.3 Å². The summed E-state index contributed by atoms with van der Waals surface area (Å²) in [6, 6.07) is 3.88. The molecule has 0 bridgehead atoms. The molecule has 0 aromatic carbocycles. The monoisotopic (exact) mass is 257 g/mol. The van der Waals surface area contributed by atoms with Crippen molar-refractivity contribution in [1.29, 1.82) is 0 Å². The van der Waals surface area contributed by atoms with Crippen molar-refractivity contribution < 1.29 is 0 Å². The van der Waals surface area contributed by atoms with E-state index in [2.05, 4.69) is 38.6 Å². The van der Waals surface area contributed by atoms with E-state index in [9.17, 15) is 0 Å². The van der Waals surface area contributed by atoms with Gasteiger partial charge in [0, 0.05) is 17.1 Å². The van der Waals surface area contributed by atoms with Crippen LogP contribution in [0.4, 0.5) is 0 Å². The first-order chi connectivity index (χ1) is 6.29. The van der Waals surface area contributed by atoms with Crippen molar-refractivity contribution in [2.75, 3.05) is 5.75 Å². The number of halogens is 1. The standard InChI is InChI=1S/C8H8BrN3S/c9-6-1-3-12-8(5-6)10-7(11-12)2-4-13/h1,3,5,13H,2,4H2. The van der Waals surface area contributed by atoms with Gasteiger partial charge in [-0.2, -0.15) is 17.7 Å². The van der Waals surface area contributed by atoms with Crippen LogP contribution in [-0.2, 0) is 6.42 Å². The van der Waals surface area contributed by atoms with Crippen molar-refractivity contribution in [3.05, 3.63) is 28.6 Å². The minimum Gasteiger partial charge on any atom is -0.221 e. The van der Waals surface area contributed by atoms with Crippen LogP contribution >= 0.6 is 28.6 Å². The Kier molecular flexibility index (Phi) is 2.55. The van der Waals surface area contributed by atoms with Crippen LogP contribution in [0.3, 0.4) is 0 Å². The van der Waals surface area contributed by atoms with Gasteiger partial charge in [0.15, 0.2) is 11.5 Å². The molecule has 0 atom stereocenters. The number of thiol groups is 1. The van der Waals surface area contributed by atoms with E-state index in [0.29, 0.717) is 0 Å². The molecule has 2 heterocycles. The fourth-order valence-corrected chi connectivity index (χ4v) is 1.63. The van der Waals surface area contributed by atoms with Gasteiger partial charge in [-0.25, -0.2) is 9.50 Å². The molecule has 0 saturated heterocycles. The van der Waals surface area contributed by atoms with E-state index in [1.165, 1.54) is 0 Å². The Balaban J connectivity index is 2.49. The summed E-state index contributed by atoms with van der Waals surface area (Å²) in [5.74, 6) is 1.62. The molecule has 0 N–H and O–H groups in total. The zero-order valence-electron chi connectivity index (χ0n) is 6.81. The summed E-state index contributed by atoms with van der Waals surface area (Å²) < 4.78 is 2.79. The van der Waals surface area contributed by atoms with Crippen molar-refractivity contribution in [3.63, 3.8) is 0 Å². The predicted octanol–water partition coefficient (Wildman–Crippen LogP) is 1.96. The van der Waals surface area contributed by atoms with Gasteiger partial charge in [0.2, 0.25) is 0 Å². The van der Waals surface area contributed by atoms with Crippen LogP contribution in [-0.4, -0.2) is 20.4 Å². The fourth-order valence-electron chi connectivity index (χ4n) is 1.11. The Morgan fingerprint density at radius 3 is 3.15 bits per heavy atom. The van der Waals surface area contributed by atoms with E-state index < -0.39 is 0 Å². The Hall–Kier alpha value is -0.550. The Labute approximate surface area is 89.7 Å². The number of aromatic nitrogens is 3. The summed E-state index contributed by atoms with van der Waals surface area (Å²) in [6.45, 7) is 0. The molecule has 0 aliphatic rings. The zero-order valence-corrected chi connectivity index (χ0v) is 9.29. The number of nitrogens with zero attached hydrogens (tertiary/aromatic N) is 3. The summed E-state index contributed by atoms with van der Waals surface area (Å²) in [5, 5.41) is 4.28. The second kappa shape index (κ2) is 3.67. The molecule has 5 heteroatoms. The van der Waals surface area contributed by atoms with Crippen LogP contribution in [0.2, 0.25) is 0 Å². The number of hydrogen-bond acceptors (Lipinski definition) is 3. The largest absolute Gasteiger partial charge is 0.221 e. The molecule has 3 nitrogen and oxygen atoms in total. The lowest BCUT2D eigenvalue weighted by Crippen LogP contribution is -1.90. The lowest BCUT2D eigenvalue weighted by Gasteiger charge is -1.89. The first-order valence-electron chi connectivity index (χ1n) is 3.91. The van der Waals surface area contributed by atoms with E-state index in [1.54, 1.807) is 4.52 Å². The fraction of sp³-hybridized carbons (Fsp3) is 0.250. The second-order valence-electron chi connectivity index (χ2n) is 2.65. The topological polar surface area (TPSA) is 30.2 Å². The molecule has 2 rings (SSSR count). The van der Waals surface area contributed by atoms with E-state index in [0.717, 1.165) is 28.1 Å². The highest BCUT2D eigenvalue weighted by Gasteiger charge is 2.01. The first-order valence-corrected chi connectivity index (χ1v) is 5.34. The highest BCUT2D eigenvalue weighted by atomic mass is 79.9. The highest BCUT2D eigenvalue weighted by Crippen LogP contribution is 2.11. The normalized spacial score (nSPS) is 10.9. The molecule has 0 radical (unpaired) electrons. The Morgan fingerprint density at radius 2 is 2.38 bits per heavy atom. The number of aryl methyl sites for hydroxylation is 1. The third-order valence-corrected chi connectivity index (χ3v) is 2.40. The summed E-state index contributed by atoms with van der Waals surface area (Å²) in [6.07, 6.45) is 2.69. The van der Waals surface area contributed by atoms with Gasteiger partial charge >= 0.3 is 0 Å². The molecule has 13 heavy (non-hydrogen) atoms. The number of pyridine rings is 1. The molecular weight excluding hydrogens is 250 g/mol. The van der Waals surface area contributed by atoms with Crippen molar-refractivity contribution in [1.82, 2.24) is 14.6 Å². The maximum atomic E-state index is 4.34. The Bertz CT molecular complexity index is 426. The van der Waals surface area contributed by atoms with Crippen molar-refractivity contribution >= 4 is 34.2 Å². The molecular formula is C8H8BrN3S. The third-order valence-electron chi connectivity index (χ3n) is 1.68. The molecule has 0 fully saturated rings. The second-order valence-corrected chi connectivity index (χ2v) is 4.01. The van der Waals surface area contributed by atoms with Crippen LogP contribution in [0.1, 0.15) is 5.82 Å². The van der Waals surface area contributed by atoms with Crippen molar-refractivity contribution in [2.24, 2.45) is 0 Å². The van der Waals surface area contributed by atoms with Crippen LogP contribution < -0.4 is 0 Å². The van der Waals surface area contributed by atoms with Crippen LogP contribution in [0, 0.1) is 0 Å². The van der Waals surface area contributed by atoms with E-state index in [-0.39, 0.29) is 0 Å². The third kappa shape index (κ3) is 1.86. The molecule has 2 aromatic rings. The lowest BCUT2D eigenvalue weighted by atomic mass is 10.4. The minimum absolute atomic E-state index is 0.776. The lowest BCUT2D eigenvalue weighted by molar-refractivity contribution is 0.890. The summed E-state index contributed by atoms with van der Waals surface area (Å²) in [4.78, 5) is 4.34. The molecule has 0 amide bonds. The maximum Gasteiger partial charge on any atom is 0.156 e. The summed E-state index contributed by atoms with van der Waals surface area (Å²) >= 11 is 7.52. The average Bonchev–Trinajstić information content (AvgIpc) is 2.46. The van der Waals surface area contributed by atoms with E-state index >= 15 is 0 Å². The van der Waals surface area contributed by atoms with Gasteiger partial charge in [-0.05, 0) is 17.9 Å². The molecule has 0 saturated carbocycles. The number of fused-ring (bicyclic) bond motifs is 1. The molecule has 68 valence electrons. The van der Waals surface area contributed by atoms with Gasteiger partial charge in [-0.3, -0.25) is 0 Å². The van der Waals surface area contributed by atoms with Gasteiger partial charge in [-0.15, -0.1) is 0 Å². The molecule has 0 spiro atoms. The average molecular weight is 258 g/mol. The number of rotatable bonds is 2. The van der Waals surface area contributed by atoms with E-state index in [4.69, 9.17) is 0 Å². The molecule has 0 unspecified atom stereocenters. The first kappa shape index (κ1) is 9.02. The SMILES string of the molecule is SCCc1nc2cc(Br)ccn2n1. The van der Waals surface area contributed by atoms with Gasteiger partial charge in [0.05, 0.1) is 0 Å². The van der Waals surface area contributed by atoms with Gasteiger partial charge in [-0.1, -0.05) is 15.9 Å². The van der Waals surface area contributed by atoms with Gasteiger partial charge in [0.1, 0.15) is 0 Å². The van der Waals surface area contributed by atoms with Gasteiger partial charge in [0.25, 0.3) is 0 Å². The quantitative estimate of drug-likeness (QED) is 0.835. The van der Waals surface area contributed by atoms with Crippen molar-refractivity contribution in [2.45, 2.75) is 6.42 Å². The molecule has 0 aliphatic carbocycles. The molecule has 0 aliphatic heterocycles. The summed E-state index contributed by atoms with van der Waals surface area (Å²) in [5.41, 5.74) is 0.867. The van der Waals surface area contributed by atoms with Crippen LogP contribution in [0.25, 0.3) is 5.65 Å². The van der Waals surface area contributed by atoms with Crippen LogP contribution in [0.15, 0.2) is 22.8 Å². The minimum atomic E-state index is 0.776.